The monoisotopic (exact) mass is 238 g/mol. The Balaban J connectivity index is 2.56. The molecule has 0 saturated carbocycles. The molecule has 6 heteroatoms. The number of hydrogen-bond acceptors (Lipinski definition) is 5. The highest BCUT2D eigenvalue weighted by atomic mass is 32.2. The zero-order valence-electron chi connectivity index (χ0n) is 8.60. The first kappa shape index (κ1) is 10.8. The van der Waals surface area contributed by atoms with Crippen molar-refractivity contribution in [1.82, 2.24) is 0 Å². The Morgan fingerprint density at radius 1 is 1.56 bits per heavy atom. The highest BCUT2D eigenvalue weighted by Gasteiger charge is 2.30. The van der Waals surface area contributed by atoms with E-state index >= 15 is 0 Å². The maximum atomic E-state index is 11.8. The first-order chi connectivity index (χ1) is 7.56. The van der Waals surface area contributed by atoms with E-state index in [0.717, 1.165) is 0 Å². The zero-order chi connectivity index (χ0) is 11.8. The van der Waals surface area contributed by atoms with Crippen LogP contribution >= 0.6 is 0 Å². The molecule has 0 aliphatic carbocycles. The van der Waals surface area contributed by atoms with Crippen LogP contribution in [0.1, 0.15) is 0 Å². The molecule has 84 valence electrons. The maximum absolute atomic E-state index is 11.8. The Labute approximate surface area is 93.6 Å². The van der Waals surface area contributed by atoms with Crippen molar-refractivity contribution < 1.29 is 13.2 Å². The highest BCUT2D eigenvalue weighted by molar-refractivity contribution is 7.91. The predicted octanol–water partition coefficient (Wildman–Crippen LogP) is 0.787. The van der Waals surface area contributed by atoms with Crippen molar-refractivity contribution in [2.45, 2.75) is 10.9 Å². The number of sulfone groups is 1. The van der Waals surface area contributed by atoms with E-state index in [1.165, 1.54) is 13.2 Å². The van der Waals surface area contributed by atoms with Crippen molar-refractivity contribution in [2.24, 2.45) is 0 Å². The predicted molar refractivity (Wildman–Crippen MR) is 58.1 cm³/mol. The molecule has 0 radical (unpaired) electrons. The van der Waals surface area contributed by atoms with Gasteiger partial charge in [-0.05, 0) is 12.1 Å². The largest absolute Gasteiger partial charge is 0.497 e. The maximum Gasteiger partial charge on any atom is 0.183 e. The van der Waals surface area contributed by atoms with Gasteiger partial charge in [-0.1, -0.05) is 0 Å². The molecule has 2 rings (SSSR count). The summed E-state index contributed by atoms with van der Waals surface area (Å²) in [6, 6.07) is 5.86. The number of hydrogen-bond donors (Lipinski definition) is 1. The number of benzene rings is 1. The first-order valence-electron chi connectivity index (χ1n) is 4.64. The summed E-state index contributed by atoms with van der Waals surface area (Å²) >= 11 is 0. The van der Waals surface area contributed by atoms with E-state index in [1.54, 1.807) is 12.1 Å². The topological polar surface area (TPSA) is 79.2 Å². The Morgan fingerprint density at radius 2 is 2.31 bits per heavy atom. The Morgan fingerprint density at radius 3 is 2.94 bits per heavy atom. The molecule has 0 aromatic heterocycles. The van der Waals surface area contributed by atoms with Gasteiger partial charge in [-0.2, -0.15) is 5.26 Å². The molecule has 1 aromatic rings. The van der Waals surface area contributed by atoms with E-state index < -0.39 is 15.9 Å². The molecular weight excluding hydrogens is 228 g/mol. The summed E-state index contributed by atoms with van der Waals surface area (Å²) in [7, 11) is -1.87. The molecule has 0 fully saturated rings. The van der Waals surface area contributed by atoms with Gasteiger partial charge in [0.05, 0.1) is 29.5 Å². The molecule has 1 aliphatic rings. The Kier molecular flexibility index (Phi) is 2.48. The third-order valence-corrected chi connectivity index (χ3v) is 4.19. The van der Waals surface area contributed by atoms with Crippen LogP contribution < -0.4 is 10.1 Å². The van der Waals surface area contributed by atoms with Crippen LogP contribution in [-0.4, -0.2) is 27.3 Å². The lowest BCUT2D eigenvalue weighted by Crippen LogP contribution is -2.32. The lowest BCUT2D eigenvalue weighted by Gasteiger charge is -2.22. The molecule has 1 aliphatic heterocycles. The van der Waals surface area contributed by atoms with Gasteiger partial charge >= 0.3 is 0 Å². The first-order valence-corrected chi connectivity index (χ1v) is 6.29. The third kappa shape index (κ3) is 1.70. The Bertz CT molecular complexity index is 560. The molecule has 5 nitrogen and oxygen atoms in total. The number of nitriles is 1. The van der Waals surface area contributed by atoms with Crippen molar-refractivity contribution >= 4 is 15.5 Å². The smallest absolute Gasteiger partial charge is 0.183 e. The minimum atomic E-state index is -3.37. The van der Waals surface area contributed by atoms with Crippen LogP contribution in [0, 0.1) is 11.3 Å². The quantitative estimate of drug-likeness (QED) is 0.782. The van der Waals surface area contributed by atoms with E-state index in [-0.39, 0.29) is 10.6 Å². The van der Waals surface area contributed by atoms with E-state index in [9.17, 15) is 8.42 Å². The molecular formula is C10H10N2O3S. The van der Waals surface area contributed by atoms with Crippen LogP contribution in [-0.2, 0) is 9.84 Å². The van der Waals surface area contributed by atoms with Crippen LogP contribution in [0.4, 0.5) is 5.69 Å². The molecule has 1 heterocycles. The van der Waals surface area contributed by atoms with Crippen LogP contribution in [0.15, 0.2) is 23.1 Å². The second-order valence-electron chi connectivity index (χ2n) is 3.47. The van der Waals surface area contributed by atoms with Crippen LogP contribution in [0.25, 0.3) is 0 Å². The molecule has 0 bridgehead atoms. The fraction of sp³-hybridized carbons (Fsp3) is 0.300. The summed E-state index contributed by atoms with van der Waals surface area (Å²) in [5.41, 5.74) is 0.428. The fourth-order valence-electron chi connectivity index (χ4n) is 1.63. The van der Waals surface area contributed by atoms with Crippen molar-refractivity contribution in [3.05, 3.63) is 18.2 Å². The molecule has 1 aromatic carbocycles. The second kappa shape index (κ2) is 3.68. The Hall–Kier alpha value is -1.74. The van der Waals surface area contributed by atoms with Gasteiger partial charge in [-0.15, -0.1) is 0 Å². The lowest BCUT2D eigenvalue weighted by molar-refractivity contribution is 0.414. The molecule has 1 N–H and O–H groups in total. The molecule has 0 saturated heterocycles. The van der Waals surface area contributed by atoms with Gasteiger partial charge in [0.25, 0.3) is 0 Å². The number of rotatable bonds is 1. The van der Waals surface area contributed by atoms with Gasteiger partial charge in [0, 0.05) is 6.07 Å². The van der Waals surface area contributed by atoms with Gasteiger partial charge in [0.1, 0.15) is 11.8 Å². The van der Waals surface area contributed by atoms with E-state index in [2.05, 4.69) is 5.32 Å². The summed E-state index contributed by atoms with van der Waals surface area (Å²) < 4.78 is 28.6. The number of nitrogens with zero attached hydrogens (tertiary/aromatic N) is 1. The minimum absolute atomic E-state index is 0.192. The summed E-state index contributed by atoms with van der Waals surface area (Å²) in [6.45, 7) is 0. The molecule has 1 atom stereocenters. The average Bonchev–Trinajstić information content (AvgIpc) is 2.27. The summed E-state index contributed by atoms with van der Waals surface area (Å²) in [5.74, 6) is 0.364. The SMILES string of the molecule is COc1ccc2c(c1)NC(C#N)CS2(=O)=O. The number of nitrogens with one attached hydrogen (secondary N) is 1. The summed E-state index contributed by atoms with van der Waals surface area (Å²) in [4.78, 5) is 0.222. The van der Waals surface area contributed by atoms with Gasteiger partial charge in [0.15, 0.2) is 9.84 Å². The summed E-state index contributed by atoms with van der Waals surface area (Å²) in [6.07, 6.45) is 0. The van der Waals surface area contributed by atoms with Crippen LogP contribution in [0.5, 0.6) is 5.75 Å². The molecule has 16 heavy (non-hydrogen) atoms. The molecule has 1 unspecified atom stereocenters. The molecule has 0 amide bonds. The average molecular weight is 238 g/mol. The highest BCUT2D eigenvalue weighted by Crippen LogP contribution is 2.31. The minimum Gasteiger partial charge on any atom is -0.497 e. The van der Waals surface area contributed by atoms with Gasteiger partial charge in [0.2, 0.25) is 0 Å². The molecule has 0 spiro atoms. The van der Waals surface area contributed by atoms with E-state index in [1.807, 2.05) is 6.07 Å². The van der Waals surface area contributed by atoms with Crippen LogP contribution in [0.2, 0.25) is 0 Å². The van der Waals surface area contributed by atoms with E-state index in [4.69, 9.17) is 10.00 Å². The lowest BCUT2D eigenvalue weighted by atomic mass is 10.2. The standard InChI is InChI=1S/C10H10N2O3S/c1-15-8-2-3-10-9(4-8)12-7(5-11)6-16(10,13)14/h2-4,7,12H,6H2,1H3. The number of anilines is 1. The fourth-order valence-corrected chi connectivity index (χ4v) is 3.13. The van der Waals surface area contributed by atoms with Crippen molar-refractivity contribution in [1.29, 1.82) is 5.26 Å². The van der Waals surface area contributed by atoms with Gasteiger partial charge < -0.3 is 10.1 Å². The third-order valence-electron chi connectivity index (χ3n) is 2.39. The number of fused-ring (bicyclic) bond motifs is 1. The van der Waals surface area contributed by atoms with Crippen molar-refractivity contribution in [3.8, 4) is 11.8 Å². The van der Waals surface area contributed by atoms with E-state index in [0.29, 0.717) is 11.4 Å². The van der Waals surface area contributed by atoms with Gasteiger partial charge in [-0.3, -0.25) is 0 Å². The zero-order valence-corrected chi connectivity index (χ0v) is 9.41. The van der Waals surface area contributed by atoms with Crippen molar-refractivity contribution in [2.75, 3.05) is 18.2 Å². The summed E-state index contributed by atoms with van der Waals surface area (Å²) in [5, 5.41) is 11.6. The van der Waals surface area contributed by atoms with Gasteiger partial charge in [-0.25, -0.2) is 8.42 Å². The van der Waals surface area contributed by atoms with Crippen LogP contribution in [0.3, 0.4) is 0 Å². The number of ether oxygens (including phenoxy) is 1. The normalized spacial score (nSPS) is 21.4. The number of methoxy groups -OCH3 is 1. The second-order valence-corrected chi connectivity index (χ2v) is 5.47. The van der Waals surface area contributed by atoms with Crippen molar-refractivity contribution in [3.63, 3.8) is 0 Å².